The van der Waals surface area contributed by atoms with Gasteiger partial charge in [-0.2, -0.15) is 12.6 Å². The fourth-order valence-corrected chi connectivity index (χ4v) is 1.78. The molecule has 0 saturated heterocycles. The first-order chi connectivity index (χ1) is 6.22. The fraction of sp³-hybridized carbons (Fsp3) is 0.300. The number of thiol groups is 1. The molecule has 68 valence electrons. The van der Waals surface area contributed by atoms with Gasteiger partial charge in [-0.05, 0) is 24.6 Å². The van der Waals surface area contributed by atoms with Crippen molar-refractivity contribution in [2.45, 2.75) is 12.7 Å². The summed E-state index contributed by atoms with van der Waals surface area (Å²) in [5.41, 5.74) is 3.48. The molecule has 2 nitrogen and oxygen atoms in total. The maximum atomic E-state index is 4.48. The molecule has 0 amide bonds. The summed E-state index contributed by atoms with van der Waals surface area (Å²) in [6.07, 6.45) is 0. The Labute approximate surface area is 83.0 Å². The summed E-state index contributed by atoms with van der Waals surface area (Å²) < 4.78 is 2.09. The maximum absolute atomic E-state index is 4.48. The Kier molecular flexibility index (Phi) is 2.04. The average molecular weight is 192 g/mol. The van der Waals surface area contributed by atoms with Gasteiger partial charge >= 0.3 is 0 Å². The number of imidazole rings is 1. The van der Waals surface area contributed by atoms with Gasteiger partial charge in [0.15, 0.2) is 0 Å². The molecule has 0 aliphatic heterocycles. The first kappa shape index (κ1) is 8.63. The Bertz CT molecular complexity index is 445. The molecule has 0 radical (unpaired) electrons. The molecule has 1 aromatic carbocycles. The Hall–Kier alpha value is -0.960. The van der Waals surface area contributed by atoms with E-state index in [9.17, 15) is 0 Å². The van der Waals surface area contributed by atoms with Gasteiger partial charge < -0.3 is 4.57 Å². The predicted octanol–water partition coefficient (Wildman–Crippen LogP) is 2.31. The average Bonchev–Trinajstić information content (AvgIpc) is 2.42. The molecule has 0 saturated carbocycles. The monoisotopic (exact) mass is 192 g/mol. The number of aromatic nitrogens is 2. The van der Waals surface area contributed by atoms with Crippen LogP contribution in [0.15, 0.2) is 18.2 Å². The molecule has 0 aliphatic carbocycles. The Morgan fingerprint density at radius 2 is 2.23 bits per heavy atom. The van der Waals surface area contributed by atoms with E-state index < -0.39 is 0 Å². The van der Waals surface area contributed by atoms with Crippen LogP contribution in [0.2, 0.25) is 0 Å². The smallest absolute Gasteiger partial charge is 0.119 e. The molecule has 1 heterocycles. The van der Waals surface area contributed by atoms with E-state index in [2.05, 4.69) is 47.3 Å². The van der Waals surface area contributed by atoms with Crippen LogP contribution in [0.3, 0.4) is 0 Å². The van der Waals surface area contributed by atoms with E-state index in [-0.39, 0.29) is 0 Å². The molecular formula is C10H12N2S. The zero-order valence-electron chi connectivity index (χ0n) is 7.78. The lowest BCUT2D eigenvalue weighted by atomic mass is 10.2. The zero-order chi connectivity index (χ0) is 9.42. The quantitative estimate of drug-likeness (QED) is 0.686. The van der Waals surface area contributed by atoms with Crippen LogP contribution in [-0.4, -0.2) is 9.55 Å². The van der Waals surface area contributed by atoms with Crippen LogP contribution >= 0.6 is 12.6 Å². The van der Waals surface area contributed by atoms with Gasteiger partial charge in [-0.15, -0.1) is 0 Å². The minimum atomic E-state index is 0.685. The highest BCUT2D eigenvalue weighted by Crippen LogP contribution is 2.17. The molecule has 0 bridgehead atoms. The van der Waals surface area contributed by atoms with Crippen LogP contribution < -0.4 is 0 Å². The fourth-order valence-electron chi connectivity index (χ4n) is 1.50. The Morgan fingerprint density at radius 1 is 1.46 bits per heavy atom. The van der Waals surface area contributed by atoms with E-state index in [1.807, 2.05) is 7.05 Å². The molecule has 0 fully saturated rings. The highest BCUT2D eigenvalue weighted by molar-refractivity contribution is 7.79. The van der Waals surface area contributed by atoms with Gasteiger partial charge in [0.1, 0.15) is 5.82 Å². The zero-order valence-corrected chi connectivity index (χ0v) is 8.68. The van der Waals surface area contributed by atoms with Gasteiger partial charge in [-0.1, -0.05) is 6.07 Å². The van der Waals surface area contributed by atoms with Gasteiger partial charge in [-0.25, -0.2) is 4.98 Å². The maximum Gasteiger partial charge on any atom is 0.119 e. The summed E-state index contributed by atoms with van der Waals surface area (Å²) in [7, 11) is 2.02. The third kappa shape index (κ3) is 1.33. The number of hydrogen-bond donors (Lipinski definition) is 1. The number of aryl methyl sites for hydroxylation is 2. The van der Waals surface area contributed by atoms with E-state index in [1.165, 1.54) is 11.1 Å². The number of hydrogen-bond acceptors (Lipinski definition) is 2. The summed E-state index contributed by atoms with van der Waals surface area (Å²) >= 11 is 4.23. The van der Waals surface area contributed by atoms with Crippen LogP contribution in [0.25, 0.3) is 11.0 Å². The minimum Gasteiger partial charge on any atom is -0.330 e. The van der Waals surface area contributed by atoms with Crippen LogP contribution in [0.5, 0.6) is 0 Å². The minimum absolute atomic E-state index is 0.685. The van der Waals surface area contributed by atoms with E-state index in [0.29, 0.717) is 5.75 Å². The summed E-state index contributed by atoms with van der Waals surface area (Å²) in [4.78, 5) is 4.48. The second kappa shape index (κ2) is 3.07. The van der Waals surface area contributed by atoms with Crippen molar-refractivity contribution in [2.75, 3.05) is 0 Å². The van der Waals surface area contributed by atoms with Crippen molar-refractivity contribution in [3.63, 3.8) is 0 Å². The molecule has 2 rings (SSSR count). The molecule has 3 heteroatoms. The van der Waals surface area contributed by atoms with E-state index in [1.54, 1.807) is 0 Å². The number of benzene rings is 1. The second-order valence-electron chi connectivity index (χ2n) is 3.24. The molecule has 13 heavy (non-hydrogen) atoms. The van der Waals surface area contributed by atoms with Crippen molar-refractivity contribution in [1.82, 2.24) is 9.55 Å². The third-order valence-corrected chi connectivity index (χ3v) is 2.55. The lowest BCUT2D eigenvalue weighted by Crippen LogP contribution is -1.93. The van der Waals surface area contributed by atoms with Gasteiger partial charge in [0.05, 0.1) is 11.0 Å². The van der Waals surface area contributed by atoms with Crippen molar-refractivity contribution >= 4 is 23.7 Å². The molecule has 0 spiro atoms. The Balaban J connectivity index is 2.76. The highest BCUT2D eigenvalue weighted by Gasteiger charge is 2.04. The molecule has 0 aliphatic rings. The van der Waals surface area contributed by atoms with Gasteiger partial charge in [-0.3, -0.25) is 0 Å². The molecule has 0 atom stereocenters. The molecule has 0 unspecified atom stereocenters. The first-order valence-corrected chi connectivity index (χ1v) is 4.88. The van der Waals surface area contributed by atoms with Gasteiger partial charge in [0.2, 0.25) is 0 Å². The van der Waals surface area contributed by atoms with Crippen molar-refractivity contribution in [1.29, 1.82) is 0 Å². The lowest BCUT2D eigenvalue weighted by molar-refractivity contribution is 0.877. The summed E-state index contributed by atoms with van der Waals surface area (Å²) in [6, 6.07) is 6.30. The molecular weight excluding hydrogens is 180 g/mol. The van der Waals surface area contributed by atoms with Crippen LogP contribution in [0.1, 0.15) is 11.4 Å². The van der Waals surface area contributed by atoms with E-state index in [0.717, 1.165) is 11.3 Å². The van der Waals surface area contributed by atoms with Crippen LogP contribution in [0, 0.1) is 6.92 Å². The second-order valence-corrected chi connectivity index (χ2v) is 3.55. The number of fused-ring (bicyclic) bond motifs is 1. The lowest BCUT2D eigenvalue weighted by Gasteiger charge is -1.97. The third-order valence-electron chi connectivity index (χ3n) is 2.27. The van der Waals surface area contributed by atoms with Crippen molar-refractivity contribution in [3.8, 4) is 0 Å². The van der Waals surface area contributed by atoms with Crippen LogP contribution in [-0.2, 0) is 12.8 Å². The van der Waals surface area contributed by atoms with Crippen molar-refractivity contribution in [2.24, 2.45) is 7.05 Å². The first-order valence-electron chi connectivity index (χ1n) is 4.25. The normalized spacial score (nSPS) is 11.0. The Morgan fingerprint density at radius 3 is 2.92 bits per heavy atom. The number of nitrogens with zero attached hydrogens (tertiary/aromatic N) is 2. The molecule has 0 N–H and O–H groups in total. The molecule has 1 aromatic heterocycles. The largest absolute Gasteiger partial charge is 0.330 e. The van der Waals surface area contributed by atoms with E-state index >= 15 is 0 Å². The highest BCUT2D eigenvalue weighted by atomic mass is 32.1. The number of rotatable bonds is 1. The molecule has 2 aromatic rings. The van der Waals surface area contributed by atoms with E-state index in [4.69, 9.17) is 0 Å². The standard InChI is InChI=1S/C10H12N2S/c1-7-3-4-9-8(5-7)11-10(6-13)12(9)2/h3-5,13H,6H2,1-2H3. The summed E-state index contributed by atoms with van der Waals surface area (Å²) in [5, 5.41) is 0. The van der Waals surface area contributed by atoms with Crippen molar-refractivity contribution in [3.05, 3.63) is 29.6 Å². The predicted molar refractivity (Wildman–Crippen MR) is 58.1 cm³/mol. The summed E-state index contributed by atoms with van der Waals surface area (Å²) in [5.74, 6) is 1.70. The summed E-state index contributed by atoms with van der Waals surface area (Å²) in [6.45, 7) is 2.08. The van der Waals surface area contributed by atoms with Gasteiger partial charge in [0, 0.05) is 12.8 Å². The van der Waals surface area contributed by atoms with Crippen LogP contribution in [0.4, 0.5) is 0 Å². The van der Waals surface area contributed by atoms with Crippen molar-refractivity contribution < 1.29 is 0 Å². The SMILES string of the molecule is Cc1ccc2c(c1)nc(CS)n2C. The topological polar surface area (TPSA) is 17.8 Å². The van der Waals surface area contributed by atoms with Gasteiger partial charge in [0.25, 0.3) is 0 Å².